The Hall–Kier alpha value is -0.920. The Kier molecular flexibility index (Phi) is 9.49. The summed E-state index contributed by atoms with van der Waals surface area (Å²) in [6, 6.07) is 0. The van der Waals surface area contributed by atoms with E-state index in [0.717, 1.165) is 6.42 Å². The summed E-state index contributed by atoms with van der Waals surface area (Å²) < 4.78 is 0. The highest BCUT2D eigenvalue weighted by Crippen LogP contribution is 1.96. The van der Waals surface area contributed by atoms with Crippen molar-refractivity contribution >= 4 is 0 Å². The average Bonchev–Trinajstić information content (AvgIpc) is 2.15. The van der Waals surface area contributed by atoms with E-state index in [-0.39, 0.29) is 6.10 Å². The maximum Gasteiger partial charge on any atom is 0.0702 e. The largest absolute Gasteiger partial charge is 0.392 e. The molecule has 78 valence electrons. The van der Waals surface area contributed by atoms with Gasteiger partial charge in [0, 0.05) is 12.8 Å². The summed E-state index contributed by atoms with van der Waals surface area (Å²) in [5.41, 5.74) is 0. The zero-order chi connectivity index (χ0) is 10.6. The van der Waals surface area contributed by atoms with E-state index in [4.69, 9.17) is 5.11 Å². The van der Waals surface area contributed by atoms with Crippen molar-refractivity contribution in [3.8, 4) is 23.7 Å². The molecule has 0 radical (unpaired) electrons. The molecule has 1 heteroatoms. The maximum atomic E-state index is 8.91. The Bertz CT molecular complexity index is 231. The minimum atomic E-state index is -0.319. The molecule has 0 spiro atoms. The third-order valence-corrected chi connectivity index (χ3v) is 1.73. The van der Waals surface area contributed by atoms with Crippen LogP contribution in [0.15, 0.2) is 0 Å². The van der Waals surface area contributed by atoms with E-state index in [1.165, 1.54) is 19.3 Å². The smallest absolute Gasteiger partial charge is 0.0702 e. The first-order chi connectivity index (χ1) is 6.77. The second kappa shape index (κ2) is 10.2. The zero-order valence-electron chi connectivity index (χ0n) is 9.27. The highest BCUT2D eigenvalue weighted by Gasteiger charge is 1.86. The van der Waals surface area contributed by atoms with Gasteiger partial charge in [0.15, 0.2) is 0 Å². The van der Waals surface area contributed by atoms with Crippen molar-refractivity contribution in [3.05, 3.63) is 0 Å². The second-order valence-corrected chi connectivity index (χ2v) is 3.39. The van der Waals surface area contributed by atoms with E-state index in [0.29, 0.717) is 12.8 Å². The van der Waals surface area contributed by atoms with Gasteiger partial charge in [-0.15, -0.1) is 5.92 Å². The predicted octanol–water partition coefficient (Wildman–Crippen LogP) is 2.73. The molecular formula is C13H20O. The van der Waals surface area contributed by atoms with Crippen LogP contribution in [0.25, 0.3) is 0 Å². The zero-order valence-corrected chi connectivity index (χ0v) is 9.27. The highest BCUT2D eigenvalue weighted by atomic mass is 16.3. The summed E-state index contributed by atoms with van der Waals surface area (Å²) >= 11 is 0. The molecule has 0 aromatic heterocycles. The lowest BCUT2D eigenvalue weighted by Crippen LogP contribution is -1.95. The Morgan fingerprint density at radius 1 is 1.07 bits per heavy atom. The Balaban J connectivity index is 3.36. The molecule has 0 saturated carbocycles. The van der Waals surface area contributed by atoms with Crippen molar-refractivity contribution in [1.82, 2.24) is 0 Å². The molecule has 0 heterocycles. The molecule has 0 bridgehead atoms. The van der Waals surface area contributed by atoms with Gasteiger partial charge < -0.3 is 5.11 Å². The fourth-order valence-electron chi connectivity index (χ4n) is 0.941. The van der Waals surface area contributed by atoms with Gasteiger partial charge in [-0.05, 0) is 13.3 Å². The molecule has 0 aliphatic carbocycles. The number of hydrogen-bond acceptors (Lipinski definition) is 1. The van der Waals surface area contributed by atoms with Crippen molar-refractivity contribution in [2.24, 2.45) is 0 Å². The molecule has 1 atom stereocenters. The first-order valence-electron chi connectivity index (χ1n) is 5.37. The Labute approximate surface area is 87.9 Å². The van der Waals surface area contributed by atoms with E-state index in [1.54, 1.807) is 6.92 Å². The summed E-state index contributed by atoms with van der Waals surface area (Å²) in [5, 5.41) is 8.91. The fourth-order valence-corrected chi connectivity index (χ4v) is 0.941. The molecule has 14 heavy (non-hydrogen) atoms. The molecule has 1 nitrogen and oxygen atoms in total. The van der Waals surface area contributed by atoms with Crippen LogP contribution < -0.4 is 0 Å². The molecule has 0 aromatic carbocycles. The molecule has 0 aliphatic heterocycles. The first kappa shape index (κ1) is 13.1. The molecule has 1 N–H and O–H groups in total. The highest BCUT2D eigenvalue weighted by molar-refractivity contribution is 5.11. The monoisotopic (exact) mass is 192 g/mol. The normalized spacial score (nSPS) is 10.8. The summed E-state index contributed by atoms with van der Waals surface area (Å²) in [6.07, 6.45) is 5.57. The van der Waals surface area contributed by atoms with Crippen LogP contribution in [0.4, 0.5) is 0 Å². The number of hydrogen-bond donors (Lipinski definition) is 1. The van der Waals surface area contributed by atoms with E-state index in [2.05, 4.69) is 30.6 Å². The first-order valence-corrected chi connectivity index (χ1v) is 5.37. The Morgan fingerprint density at radius 3 is 2.43 bits per heavy atom. The van der Waals surface area contributed by atoms with Crippen molar-refractivity contribution < 1.29 is 5.11 Å². The summed E-state index contributed by atoms with van der Waals surface area (Å²) in [5.74, 6) is 11.9. The molecule has 1 unspecified atom stereocenters. The molecule has 0 saturated heterocycles. The lowest BCUT2D eigenvalue weighted by atomic mass is 10.2. The van der Waals surface area contributed by atoms with Crippen LogP contribution in [0.1, 0.15) is 52.4 Å². The van der Waals surface area contributed by atoms with Gasteiger partial charge in [0.2, 0.25) is 0 Å². The topological polar surface area (TPSA) is 20.2 Å². The van der Waals surface area contributed by atoms with Crippen LogP contribution in [0, 0.1) is 23.7 Å². The van der Waals surface area contributed by atoms with Crippen LogP contribution in [-0.2, 0) is 0 Å². The molecule has 0 aromatic rings. The van der Waals surface area contributed by atoms with Crippen LogP contribution in [-0.4, -0.2) is 11.2 Å². The van der Waals surface area contributed by atoms with Crippen molar-refractivity contribution in [2.45, 2.75) is 58.5 Å². The van der Waals surface area contributed by atoms with Gasteiger partial charge in [-0.3, -0.25) is 0 Å². The average molecular weight is 192 g/mol. The molecule has 0 aliphatic rings. The third-order valence-electron chi connectivity index (χ3n) is 1.73. The number of aliphatic hydroxyl groups excluding tert-OH is 1. The fraction of sp³-hybridized carbons (Fsp3) is 0.692. The predicted molar refractivity (Wildman–Crippen MR) is 60.6 cm³/mol. The van der Waals surface area contributed by atoms with Gasteiger partial charge in [0.1, 0.15) is 0 Å². The summed E-state index contributed by atoms with van der Waals surface area (Å²) in [6.45, 7) is 3.93. The lowest BCUT2D eigenvalue weighted by Gasteiger charge is -1.91. The van der Waals surface area contributed by atoms with Gasteiger partial charge in [0.05, 0.1) is 12.5 Å². The van der Waals surface area contributed by atoms with Gasteiger partial charge >= 0.3 is 0 Å². The summed E-state index contributed by atoms with van der Waals surface area (Å²) in [7, 11) is 0. The number of unbranched alkanes of at least 4 members (excludes halogenated alkanes) is 3. The number of aliphatic hydroxyl groups is 1. The van der Waals surface area contributed by atoms with Gasteiger partial charge in [-0.1, -0.05) is 37.5 Å². The van der Waals surface area contributed by atoms with Crippen molar-refractivity contribution in [2.75, 3.05) is 0 Å². The quantitative estimate of drug-likeness (QED) is 0.536. The lowest BCUT2D eigenvalue weighted by molar-refractivity contribution is 0.201. The van der Waals surface area contributed by atoms with Crippen LogP contribution in [0.5, 0.6) is 0 Å². The van der Waals surface area contributed by atoms with Gasteiger partial charge in [0.25, 0.3) is 0 Å². The maximum absolute atomic E-state index is 8.91. The van der Waals surface area contributed by atoms with Crippen molar-refractivity contribution in [3.63, 3.8) is 0 Å². The minimum absolute atomic E-state index is 0.319. The van der Waals surface area contributed by atoms with E-state index >= 15 is 0 Å². The SMILES string of the molecule is CCCCCC#CCC#CCC(C)O. The minimum Gasteiger partial charge on any atom is -0.392 e. The molecular weight excluding hydrogens is 172 g/mol. The standard InChI is InChI=1S/C13H20O/c1-3-4-5-6-7-8-9-10-11-12-13(2)14/h13-14H,3-6,9,12H2,1-2H3. The number of rotatable bonds is 4. The van der Waals surface area contributed by atoms with E-state index < -0.39 is 0 Å². The van der Waals surface area contributed by atoms with E-state index in [1.807, 2.05) is 0 Å². The van der Waals surface area contributed by atoms with Crippen molar-refractivity contribution in [1.29, 1.82) is 0 Å². The second-order valence-electron chi connectivity index (χ2n) is 3.39. The van der Waals surface area contributed by atoms with Crippen LogP contribution in [0.2, 0.25) is 0 Å². The molecule has 0 fully saturated rings. The van der Waals surface area contributed by atoms with Gasteiger partial charge in [-0.2, -0.15) is 0 Å². The summed E-state index contributed by atoms with van der Waals surface area (Å²) in [4.78, 5) is 0. The van der Waals surface area contributed by atoms with Crippen LogP contribution in [0.3, 0.4) is 0 Å². The molecule has 0 amide bonds. The third kappa shape index (κ3) is 11.1. The van der Waals surface area contributed by atoms with E-state index in [9.17, 15) is 0 Å². The van der Waals surface area contributed by atoms with Gasteiger partial charge in [-0.25, -0.2) is 0 Å². The van der Waals surface area contributed by atoms with Crippen LogP contribution >= 0.6 is 0 Å². The molecule has 0 rings (SSSR count). The Morgan fingerprint density at radius 2 is 1.79 bits per heavy atom.